The lowest BCUT2D eigenvalue weighted by Crippen LogP contribution is -2.36. The van der Waals surface area contributed by atoms with Crippen LogP contribution in [0.1, 0.15) is 19.3 Å². The Morgan fingerprint density at radius 3 is 3.00 bits per heavy atom. The molecule has 0 aromatic carbocycles. The highest BCUT2D eigenvalue weighted by Gasteiger charge is 2.30. The average molecular weight is 430 g/mol. The molecular formula is C20H23N5O2S2. The van der Waals surface area contributed by atoms with Crippen molar-refractivity contribution in [3.05, 3.63) is 35.3 Å². The maximum absolute atomic E-state index is 12.1. The molecule has 7 nitrogen and oxygen atoms in total. The van der Waals surface area contributed by atoms with Crippen LogP contribution in [-0.2, 0) is 9.53 Å². The number of rotatable bonds is 9. The largest absolute Gasteiger partial charge is 0.383 e. The first kappa shape index (κ1) is 19.9. The Balaban J connectivity index is 1.44. The van der Waals surface area contributed by atoms with E-state index in [0.717, 1.165) is 34.0 Å². The van der Waals surface area contributed by atoms with Crippen molar-refractivity contribution in [1.82, 2.24) is 19.9 Å². The van der Waals surface area contributed by atoms with Crippen LogP contribution in [-0.4, -0.2) is 58.6 Å². The summed E-state index contributed by atoms with van der Waals surface area (Å²) < 4.78 is 5.13. The van der Waals surface area contributed by atoms with E-state index in [1.54, 1.807) is 36.0 Å². The standard InChI is InChI=1S/C20H23N5O2S2/c1-27-10-9-25-14(4-5-17(25)26)6-7-22-20-23-13-15(16-3-2-11-28-16)18(24-20)19-21-8-12-29-19/h2-3,8,11-14H,4-7,9-10H2,1H3,(H,22,23,24)/t14-/m1/s1. The molecule has 9 heteroatoms. The Morgan fingerprint density at radius 1 is 1.31 bits per heavy atom. The molecule has 1 saturated heterocycles. The van der Waals surface area contributed by atoms with Gasteiger partial charge in [-0.2, -0.15) is 0 Å². The Labute approximate surface area is 177 Å². The van der Waals surface area contributed by atoms with Crippen molar-refractivity contribution in [3.63, 3.8) is 0 Å². The number of thiophene rings is 1. The molecule has 0 saturated carbocycles. The number of carbonyl (C=O) groups excluding carboxylic acids is 1. The van der Waals surface area contributed by atoms with Crippen LogP contribution in [0.4, 0.5) is 5.95 Å². The van der Waals surface area contributed by atoms with E-state index in [-0.39, 0.29) is 11.9 Å². The van der Waals surface area contributed by atoms with E-state index in [2.05, 4.69) is 21.4 Å². The van der Waals surface area contributed by atoms with E-state index < -0.39 is 0 Å². The van der Waals surface area contributed by atoms with Crippen molar-refractivity contribution in [2.75, 3.05) is 32.1 Å². The molecule has 3 aromatic rings. The first-order chi connectivity index (χ1) is 14.3. The second-order valence-electron chi connectivity index (χ2n) is 6.76. The first-order valence-corrected chi connectivity index (χ1v) is 11.3. The van der Waals surface area contributed by atoms with Gasteiger partial charge in [0.1, 0.15) is 10.7 Å². The Morgan fingerprint density at radius 2 is 2.24 bits per heavy atom. The van der Waals surface area contributed by atoms with Gasteiger partial charge >= 0.3 is 0 Å². The molecule has 1 amide bonds. The lowest BCUT2D eigenvalue weighted by atomic mass is 10.1. The van der Waals surface area contributed by atoms with Gasteiger partial charge in [0, 0.05) is 60.9 Å². The van der Waals surface area contributed by atoms with Crippen LogP contribution >= 0.6 is 22.7 Å². The van der Waals surface area contributed by atoms with Crippen molar-refractivity contribution >= 4 is 34.5 Å². The second-order valence-corrected chi connectivity index (χ2v) is 8.60. The summed E-state index contributed by atoms with van der Waals surface area (Å²) in [5, 5.41) is 8.21. The second kappa shape index (κ2) is 9.43. The van der Waals surface area contributed by atoms with Gasteiger partial charge in [0.2, 0.25) is 11.9 Å². The van der Waals surface area contributed by atoms with Crippen LogP contribution in [0.25, 0.3) is 21.1 Å². The number of hydrogen-bond acceptors (Lipinski definition) is 8. The zero-order valence-corrected chi connectivity index (χ0v) is 17.8. The SMILES string of the molecule is COCCN1C(=O)CC[C@@H]1CCNc1ncc(-c2cccs2)c(-c2nccs2)n1. The molecule has 1 atom stereocenters. The minimum absolute atomic E-state index is 0.217. The van der Waals surface area contributed by atoms with Crippen LogP contribution in [0, 0.1) is 0 Å². The van der Waals surface area contributed by atoms with Gasteiger partial charge in [-0.25, -0.2) is 15.0 Å². The molecule has 4 heterocycles. The molecular weight excluding hydrogens is 406 g/mol. The van der Waals surface area contributed by atoms with Crippen molar-refractivity contribution < 1.29 is 9.53 Å². The summed E-state index contributed by atoms with van der Waals surface area (Å²) in [6, 6.07) is 4.34. The van der Waals surface area contributed by atoms with Gasteiger partial charge in [0.15, 0.2) is 0 Å². The number of aromatic nitrogens is 3. The summed E-state index contributed by atoms with van der Waals surface area (Å²) in [4.78, 5) is 28.8. The fourth-order valence-corrected chi connectivity index (χ4v) is 4.90. The van der Waals surface area contributed by atoms with Gasteiger partial charge in [0.25, 0.3) is 0 Å². The van der Waals surface area contributed by atoms with Gasteiger partial charge in [-0.15, -0.1) is 22.7 Å². The smallest absolute Gasteiger partial charge is 0.223 e. The Kier molecular flexibility index (Phi) is 6.48. The zero-order chi connectivity index (χ0) is 20.1. The number of nitrogens with one attached hydrogen (secondary N) is 1. The van der Waals surface area contributed by atoms with Crippen molar-refractivity contribution in [3.8, 4) is 21.1 Å². The van der Waals surface area contributed by atoms with Crippen molar-refractivity contribution in [2.24, 2.45) is 0 Å². The highest BCUT2D eigenvalue weighted by atomic mass is 32.1. The highest BCUT2D eigenvalue weighted by Crippen LogP contribution is 2.34. The molecule has 1 N–H and O–H groups in total. The van der Waals surface area contributed by atoms with Crippen LogP contribution in [0.2, 0.25) is 0 Å². The fourth-order valence-electron chi connectivity index (χ4n) is 3.52. The number of anilines is 1. The van der Waals surface area contributed by atoms with E-state index in [9.17, 15) is 4.79 Å². The fraction of sp³-hybridized carbons (Fsp3) is 0.400. The van der Waals surface area contributed by atoms with Crippen molar-refractivity contribution in [2.45, 2.75) is 25.3 Å². The monoisotopic (exact) mass is 429 g/mol. The minimum atomic E-state index is 0.217. The van der Waals surface area contributed by atoms with Crippen LogP contribution in [0.15, 0.2) is 35.3 Å². The molecule has 152 valence electrons. The number of nitrogens with zero attached hydrogens (tertiary/aromatic N) is 4. The van der Waals surface area contributed by atoms with Gasteiger partial charge in [-0.1, -0.05) is 6.07 Å². The molecule has 1 fully saturated rings. The molecule has 0 spiro atoms. The molecule has 0 unspecified atom stereocenters. The van der Waals surface area contributed by atoms with Crippen LogP contribution in [0.3, 0.4) is 0 Å². The molecule has 29 heavy (non-hydrogen) atoms. The van der Waals surface area contributed by atoms with E-state index in [0.29, 0.717) is 32.1 Å². The summed E-state index contributed by atoms with van der Waals surface area (Å²) in [5.41, 5.74) is 1.84. The van der Waals surface area contributed by atoms with Gasteiger partial charge in [0.05, 0.1) is 6.61 Å². The minimum Gasteiger partial charge on any atom is -0.383 e. The third-order valence-corrected chi connectivity index (χ3v) is 6.64. The third kappa shape index (κ3) is 4.63. The molecule has 0 radical (unpaired) electrons. The van der Waals surface area contributed by atoms with Crippen LogP contribution in [0.5, 0.6) is 0 Å². The Bertz CT molecular complexity index is 931. The van der Waals surface area contributed by atoms with Gasteiger partial charge in [-0.05, 0) is 24.3 Å². The summed E-state index contributed by atoms with van der Waals surface area (Å²) in [5.74, 6) is 0.804. The van der Waals surface area contributed by atoms with Gasteiger partial charge in [-0.3, -0.25) is 4.79 Å². The third-order valence-electron chi connectivity index (χ3n) is 4.96. The number of ether oxygens (including phenoxy) is 1. The average Bonchev–Trinajstić information content (AvgIpc) is 3.50. The summed E-state index contributed by atoms with van der Waals surface area (Å²) in [6.07, 6.45) is 6.03. The van der Waals surface area contributed by atoms with Crippen molar-refractivity contribution in [1.29, 1.82) is 0 Å². The molecule has 0 aliphatic carbocycles. The normalized spacial score (nSPS) is 16.5. The van der Waals surface area contributed by atoms with E-state index in [1.165, 1.54) is 0 Å². The molecule has 0 bridgehead atoms. The highest BCUT2D eigenvalue weighted by molar-refractivity contribution is 7.14. The van der Waals surface area contributed by atoms with Crippen LogP contribution < -0.4 is 5.32 Å². The molecule has 3 aromatic heterocycles. The van der Waals surface area contributed by atoms with E-state index in [4.69, 9.17) is 9.72 Å². The topological polar surface area (TPSA) is 80.2 Å². The maximum Gasteiger partial charge on any atom is 0.223 e. The van der Waals surface area contributed by atoms with E-state index in [1.807, 2.05) is 27.9 Å². The number of amides is 1. The number of thiazole rings is 1. The predicted octanol–water partition coefficient (Wildman–Crippen LogP) is 3.77. The molecule has 1 aliphatic rings. The first-order valence-electron chi connectivity index (χ1n) is 9.59. The lowest BCUT2D eigenvalue weighted by molar-refractivity contribution is -0.129. The summed E-state index contributed by atoms with van der Waals surface area (Å²) >= 11 is 3.23. The number of carbonyl (C=O) groups is 1. The van der Waals surface area contributed by atoms with E-state index >= 15 is 0 Å². The summed E-state index contributed by atoms with van der Waals surface area (Å²) in [7, 11) is 1.66. The predicted molar refractivity (Wildman–Crippen MR) is 116 cm³/mol. The van der Waals surface area contributed by atoms with Gasteiger partial charge < -0.3 is 15.0 Å². The number of methoxy groups -OCH3 is 1. The lowest BCUT2D eigenvalue weighted by Gasteiger charge is -2.24. The number of likely N-dealkylation sites (tertiary alicyclic amines) is 1. The Hall–Kier alpha value is -2.36. The molecule has 1 aliphatic heterocycles. The zero-order valence-electron chi connectivity index (χ0n) is 16.2. The maximum atomic E-state index is 12.1. The molecule has 4 rings (SSSR count). The quantitative estimate of drug-likeness (QED) is 0.558. The number of hydrogen-bond donors (Lipinski definition) is 1. The summed E-state index contributed by atoms with van der Waals surface area (Å²) in [6.45, 7) is 1.93.